The fraction of sp³-hybridized carbons (Fsp3) is 0.154. The molecular formula is C26H21F2N9O. The van der Waals surface area contributed by atoms with Crippen LogP contribution in [0.1, 0.15) is 17.0 Å². The van der Waals surface area contributed by atoms with Gasteiger partial charge in [0.15, 0.2) is 17.3 Å². The van der Waals surface area contributed by atoms with Gasteiger partial charge < -0.3 is 10.6 Å². The van der Waals surface area contributed by atoms with Crippen LogP contribution in [0, 0.1) is 23.0 Å². The molecular weight excluding hydrogens is 492 g/mol. The lowest BCUT2D eigenvalue weighted by molar-refractivity contribution is -0.129. The summed E-state index contributed by atoms with van der Waals surface area (Å²) in [6.45, 7) is 0.0537. The third-order valence-electron chi connectivity index (χ3n) is 5.98. The average Bonchev–Trinajstić information content (AvgIpc) is 3.52. The molecule has 0 unspecified atom stereocenters. The number of likely N-dealkylation sites (N-methyl/N-ethyl adjacent to an activating group) is 1. The van der Waals surface area contributed by atoms with Crippen LogP contribution >= 0.6 is 0 Å². The van der Waals surface area contributed by atoms with E-state index in [9.17, 15) is 9.18 Å². The van der Waals surface area contributed by atoms with E-state index in [1.54, 1.807) is 50.8 Å². The van der Waals surface area contributed by atoms with E-state index < -0.39 is 11.6 Å². The molecule has 3 aromatic heterocycles. The van der Waals surface area contributed by atoms with Gasteiger partial charge in [-0.05, 0) is 23.8 Å². The van der Waals surface area contributed by atoms with Crippen LogP contribution in [0.3, 0.4) is 0 Å². The molecule has 3 heterocycles. The number of aromatic nitrogens is 6. The summed E-state index contributed by atoms with van der Waals surface area (Å²) in [7, 11) is 3.31. The number of anilines is 1. The number of hydrogen-bond donors (Lipinski definition) is 1. The fourth-order valence-corrected chi connectivity index (χ4v) is 4.01. The summed E-state index contributed by atoms with van der Waals surface area (Å²) >= 11 is 0. The highest BCUT2D eigenvalue weighted by molar-refractivity contribution is 5.75. The van der Waals surface area contributed by atoms with Crippen LogP contribution in [0.15, 0.2) is 55.0 Å². The molecule has 0 aliphatic heterocycles. The normalized spacial score (nSPS) is 11.0. The minimum absolute atomic E-state index is 0.00334. The number of fused-ring (bicyclic) bond motifs is 1. The van der Waals surface area contributed by atoms with Gasteiger partial charge in [-0.15, -0.1) is 0 Å². The molecule has 12 heteroatoms. The van der Waals surface area contributed by atoms with Crippen LogP contribution in [-0.2, 0) is 17.8 Å². The summed E-state index contributed by atoms with van der Waals surface area (Å²) in [6, 6.07) is 10.9. The standard InChI is InChI=1S/C26H21F2N9O/c1-35(2)23(38)14-36-12-16(11-31-36)17-6-4-8-20(27)19(17)9-22-33-26-25(30)32-21(13-37(26)34-22)18-7-3-5-15(10-29)24(18)28/h3-8,11-13H,9,14H2,1-2H3,(H2,30,32). The monoisotopic (exact) mass is 513 g/mol. The maximum absolute atomic E-state index is 15.0. The topological polar surface area (TPSA) is 131 Å². The van der Waals surface area contributed by atoms with Gasteiger partial charge in [-0.3, -0.25) is 9.48 Å². The molecule has 0 aliphatic carbocycles. The van der Waals surface area contributed by atoms with Crippen LogP contribution in [0.25, 0.3) is 28.0 Å². The number of rotatable bonds is 6. The molecule has 190 valence electrons. The van der Waals surface area contributed by atoms with Crippen molar-refractivity contribution in [2.45, 2.75) is 13.0 Å². The Morgan fingerprint density at radius 1 is 1.11 bits per heavy atom. The lowest BCUT2D eigenvalue weighted by atomic mass is 9.99. The first kappa shape index (κ1) is 24.5. The predicted molar refractivity (Wildman–Crippen MR) is 134 cm³/mol. The Bertz CT molecular complexity index is 1730. The SMILES string of the molecule is CN(C)C(=O)Cn1cc(-c2cccc(F)c2Cc2nc3c(N)nc(-c4cccc(C#N)c4F)cn3n2)cn1. The highest BCUT2D eigenvalue weighted by Crippen LogP contribution is 2.29. The molecule has 0 atom stereocenters. The minimum Gasteiger partial charge on any atom is -0.381 e. The van der Waals surface area contributed by atoms with E-state index >= 15 is 4.39 Å². The van der Waals surface area contributed by atoms with Crippen molar-refractivity contribution in [3.8, 4) is 28.5 Å². The molecule has 0 saturated heterocycles. The number of halogens is 2. The second kappa shape index (κ2) is 9.70. The second-order valence-electron chi connectivity index (χ2n) is 8.74. The summed E-state index contributed by atoms with van der Waals surface area (Å²) in [6.07, 6.45) is 4.72. The third-order valence-corrected chi connectivity index (χ3v) is 5.98. The molecule has 0 saturated carbocycles. The molecule has 0 fully saturated rings. The van der Waals surface area contributed by atoms with E-state index in [1.165, 1.54) is 38.5 Å². The average molecular weight is 514 g/mol. The Morgan fingerprint density at radius 2 is 1.87 bits per heavy atom. The van der Waals surface area contributed by atoms with Crippen molar-refractivity contribution in [1.82, 2.24) is 34.3 Å². The summed E-state index contributed by atoms with van der Waals surface area (Å²) in [4.78, 5) is 22.2. The Labute approximate surface area is 215 Å². The van der Waals surface area contributed by atoms with Crippen molar-refractivity contribution in [3.63, 3.8) is 0 Å². The summed E-state index contributed by atoms with van der Waals surface area (Å²) in [5.74, 6) is -1.03. The number of amides is 1. The quantitative estimate of drug-likeness (QED) is 0.369. The number of hydrogen-bond acceptors (Lipinski definition) is 7. The van der Waals surface area contributed by atoms with Crippen LogP contribution in [0.5, 0.6) is 0 Å². The molecule has 2 aromatic carbocycles. The van der Waals surface area contributed by atoms with Gasteiger partial charge in [-0.25, -0.2) is 23.3 Å². The fourth-order valence-electron chi connectivity index (χ4n) is 4.01. The van der Waals surface area contributed by atoms with Gasteiger partial charge in [0.05, 0.1) is 23.7 Å². The van der Waals surface area contributed by atoms with Gasteiger partial charge in [0.25, 0.3) is 0 Å². The molecule has 2 N–H and O–H groups in total. The summed E-state index contributed by atoms with van der Waals surface area (Å²) in [5, 5.41) is 17.8. The lowest BCUT2D eigenvalue weighted by Gasteiger charge is -2.10. The van der Waals surface area contributed by atoms with Crippen LogP contribution in [-0.4, -0.2) is 54.3 Å². The van der Waals surface area contributed by atoms with Crippen molar-refractivity contribution < 1.29 is 13.6 Å². The largest absolute Gasteiger partial charge is 0.381 e. The van der Waals surface area contributed by atoms with Gasteiger partial charge in [-0.2, -0.15) is 15.5 Å². The summed E-state index contributed by atoms with van der Waals surface area (Å²) in [5.41, 5.74) is 8.02. The second-order valence-corrected chi connectivity index (χ2v) is 8.74. The van der Waals surface area contributed by atoms with Crippen molar-refractivity contribution >= 4 is 17.4 Å². The first-order valence-corrected chi connectivity index (χ1v) is 11.5. The smallest absolute Gasteiger partial charge is 0.243 e. The first-order chi connectivity index (χ1) is 18.2. The van der Waals surface area contributed by atoms with Crippen LogP contribution < -0.4 is 5.73 Å². The highest BCUT2D eigenvalue weighted by atomic mass is 19.1. The van der Waals surface area contributed by atoms with Crippen molar-refractivity contribution in [2.24, 2.45) is 0 Å². The number of nitrogens with two attached hydrogens (primary N) is 1. The Morgan fingerprint density at radius 3 is 2.63 bits per heavy atom. The molecule has 38 heavy (non-hydrogen) atoms. The maximum Gasteiger partial charge on any atom is 0.243 e. The van der Waals surface area contributed by atoms with E-state index in [2.05, 4.69) is 20.2 Å². The zero-order valence-corrected chi connectivity index (χ0v) is 20.4. The maximum atomic E-state index is 15.0. The van der Waals surface area contributed by atoms with Gasteiger partial charge in [0.1, 0.15) is 24.2 Å². The van der Waals surface area contributed by atoms with Gasteiger partial charge in [0.2, 0.25) is 5.91 Å². The number of nitrogens with zero attached hydrogens (tertiary/aromatic N) is 8. The zero-order chi connectivity index (χ0) is 27.0. The first-order valence-electron chi connectivity index (χ1n) is 11.5. The number of nitriles is 1. The van der Waals surface area contributed by atoms with Gasteiger partial charge in [0, 0.05) is 43.4 Å². The van der Waals surface area contributed by atoms with E-state index in [1.807, 2.05) is 0 Å². The highest BCUT2D eigenvalue weighted by Gasteiger charge is 2.19. The Kier molecular flexibility index (Phi) is 6.26. The van der Waals surface area contributed by atoms with Crippen LogP contribution in [0.4, 0.5) is 14.6 Å². The molecule has 5 aromatic rings. The molecule has 5 rings (SSSR count). The molecule has 0 radical (unpaired) electrons. The Balaban J connectivity index is 1.50. The number of carbonyl (C=O) groups excluding carboxylic acids is 1. The van der Waals surface area contributed by atoms with E-state index in [0.717, 1.165) is 0 Å². The molecule has 0 aliphatic rings. The number of benzene rings is 2. The zero-order valence-electron chi connectivity index (χ0n) is 20.4. The predicted octanol–water partition coefficient (Wildman–Crippen LogP) is 3.07. The van der Waals surface area contributed by atoms with Crippen LogP contribution in [0.2, 0.25) is 0 Å². The van der Waals surface area contributed by atoms with E-state index in [0.29, 0.717) is 16.7 Å². The number of carbonyl (C=O) groups is 1. The Hall–Kier alpha value is -5.18. The van der Waals surface area contributed by atoms with Crippen molar-refractivity contribution in [1.29, 1.82) is 5.26 Å². The van der Waals surface area contributed by atoms with Crippen molar-refractivity contribution in [3.05, 3.63) is 83.6 Å². The van der Waals surface area contributed by atoms with Crippen molar-refractivity contribution in [2.75, 3.05) is 19.8 Å². The van der Waals surface area contributed by atoms with Gasteiger partial charge >= 0.3 is 0 Å². The van der Waals surface area contributed by atoms with E-state index in [-0.39, 0.29) is 53.0 Å². The molecule has 0 bridgehead atoms. The minimum atomic E-state index is -0.717. The lowest BCUT2D eigenvalue weighted by Crippen LogP contribution is -2.26. The molecule has 1 amide bonds. The molecule has 10 nitrogen and oxygen atoms in total. The number of nitrogen functional groups attached to an aromatic ring is 1. The third kappa shape index (κ3) is 4.53. The van der Waals surface area contributed by atoms with E-state index in [4.69, 9.17) is 11.0 Å². The van der Waals surface area contributed by atoms with Gasteiger partial charge in [-0.1, -0.05) is 18.2 Å². The summed E-state index contributed by atoms with van der Waals surface area (Å²) < 4.78 is 32.6. The molecule has 0 spiro atoms.